The van der Waals surface area contributed by atoms with Gasteiger partial charge in [-0.1, -0.05) is 0 Å². The molecule has 7 heteroatoms. The van der Waals surface area contributed by atoms with Crippen molar-refractivity contribution >= 4 is 26.0 Å². The highest BCUT2D eigenvalue weighted by Crippen LogP contribution is 2.27. The first-order chi connectivity index (χ1) is 8.51. The van der Waals surface area contributed by atoms with Crippen molar-refractivity contribution in [3.05, 3.63) is 22.7 Å². The molecule has 0 atom stereocenters. The highest BCUT2D eigenvalue weighted by Gasteiger charge is 2.14. The zero-order chi connectivity index (χ0) is 13.6. The summed E-state index contributed by atoms with van der Waals surface area (Å²) in [5, 5.41) is 0. The van der Waals surface area contributed by atoms with Crippen molar-refractivity contribution in [2.45, 2.75) is 11.3 Å². The molecule has 0 aromatic heterocycles. The molecule has 0 bridgehead atoms. The van der Waals surface area contributed by atoms with E-state index in [1.807, 2.05) is 0 Å². The van der Waals surface area contributed by atoms with E-state index in [2.05, 4.69) is 20.7 Å². The number of ether oxygens (including phenoxy) is 2. The maximum atomic E-state index is 11.9. The van der Waals surface area contributed by atoms with Gasteiger partial charge in [0.15, 0.2) is 0 Å². The van der Waals surface area contributed by atoms with Gasteiger partial charge in [-0.25, -0.2) is 13.1 Å². The number of rotatable bonds is 7. The van der Waals surface area contributed by atoms with Crippen LogP contribution < -0.4 is 9.46 Å². The standard InChI is InChI=1S/C11H16BrNO4S/c1-16-7-3-6-13-18(14,15)9-4-5-11(17-2)10(12)8-9/h4-5,8,13H,3,6-7H2,1-2H3. The molecule has 0 saturated carbocycles. The van der Waals surface area contributed by atoms with Crippen LogP contribution in [0, 0.1) is 0 Å². The fourth-order valence-electron chi connectivity index (χ4n) is 1.32. The first-order valence-electron chi connectivity index (χ1n) is 5.33. The first-order valence-corrected chi connectivity index (χ1v) is 7.61. The minimum absolute atomic E-state index is 0.201. The fourth-order valence-corrected chi connectivity index (χ4v) is 3.11. The van der Waals surface area contributed by atoms with Gasteiger partial charge in [0.25, 0.3) is 0 Å². The molecule has 0 amide bonds. The molecule has 0 aliphatic heterocycles. The van der Waals surface area contributed by atoms with E-state index in [4.69, 9.17) is 9.47 Å². The molecule has 1 aromatic rings. The third-order valence-corrected chi connectivity index (χ3v) is 4.33. The lowest BCUT2D eigenvalue weighted by molar-refractivity contribution is 0.196. The average molecular weight is 338 g/mol. The Kier molecular flexibility index (Phi) is 6.07. The molecule has 1 aromatic carbocycles. The topological polar surface area (TPSA) is 64.6 Å². The third kappa shape index (κ3) is 4.24. The van der Waals surface area contributed by atoms with E-state index in [0.717, 1.165) is 0 Å². The molecule has 1 N–H and O–H groups in total. The monoisotopic (exact) mass is 337 g/mol. The van der Waals surface area contributed by atoms with Crippen LogP contribution in [-0.2, 0) is 14.8 Å². The van der Waals surface area contributed by atoms with Crippen LogP contribution in [0.25, 0.3) is 0 Å². The predicted octanol–water partition coefficient (Wildman–Crippen LogP) is 1.77. The molecule has 18 heavy (non-hydrogen) atoms. The molecular formula is C11H16BrNO4S. The zero-order valence-electron chi connectivity index (χ0n) is 10.3. The summed E-state index contributed by atoms with van der Waals surface area (Å²) >= 11 is 3.26. The zero-order valence-corrected chi connectivity index (χ0v) is 12.7. The largest absolute Gasteiger partial charge is 0.496 e. The Morgan fingerprint density at radius 2 is 2.06 bits per heavy atom. The van der Waals surface area contributed by atoms with Crippen LogP contribution in [0.5, 0.6) is 5.75 Å². The van der Waals surface area contributed by atoms with Gasteiger partial charge in [0.1, 0.15) is 5.75 Å². The second-order valence-electron chi connectivity index (χ2n) is 3.54. The molecule has 0 unspecified atom stereocenters. The van der Waals surface area contributed by atoms with Gasteiger partial charge in [0.05, 0.1) is 16.5 Å². The second-order valence-corrected chi connectivity index (χ2v) is 6.16. The van der Waals surface area contributed by atoms with Crippen molar-refractivity contribution in [3.63, 3.8) is 0 Å². The van der Waals surface area contributed by atoms with Gasteiger partial charge >= 0.3 is 0 Å². The predicted molar refractivity (Wildman–Crippen MR) is 72.4 cm³/mol. The smallest absolute Gasteiger partial charge is 0.240 e. The Balaban J connectivity index is 2.76. The highest BCUT2D eigenvalue weighted by atomic mass is 79.9. The van der Waals surface area contributed by atoms with E-state index in [0.29, 0.717) is 29.8 Å². The van der Waals surface area contributed by atoms with Gasteiger partial charge in [-0.15, -0.1) is 0 Å². The molecule has 0 fully saturated rings. The minimum atomic E-state index is -3.48. The maximum absolute atomic E-state index is 11.9. The SMILES string of the molecule is COCCCNS(=O)(=O)c1ccc(OC)c(Br)c1. The Bertz CT molecular complexity index is 490. The average Bonchev–Trinajstić information content (AvgIpc) is 2.34. The normalized spacial score (nSPS) is 11.5. The quantitative estimate of drug-likeness (QED) is 0.770. The van der Waals surface area contributed by atoms with Crippen LogP contribution in [0.1, 0.15) is 6.42 Å². The van der Waals surface area contributed by atoms with Crippen LogP contribution >= 0.6 is 15.9 Å². The Morgan fingerprint density at radius 3 is 2.61 bits per heavy atom. The lowest BCUT2D eigenvalue weighted by atomic mass is 10.3. The van der Waals surface area contributed by atoms with Crippen LogP contribution in [-0.4, -0.2) is 35.8 Å². The van der Waals surface area contributed by atoms with Crippen LogP contribution in [0.2, 0.25) is 0 Å². The minimum Gasteiger partial charge on any atom is -0.496 e. The van der Waals surface area contributed by atoms with E-state index >= 15 is 0 Å². The third-order valence-electron chi connectivity index (χ3n) is 2.25. The van der Waals surface area contributed by atoms with Gasteiger partial charge in [-0.05, 0) is 40.5 Å². The van der Waals surface area contributed by atoms with E-state index in [1.165, 1.54) is 19.2 Å². The molecule has 0 heterocycles. The Morgan fingerprint density at radius 1 is 1.33 bits per heavy atom. The first kappa shape index (κ1) is 15.4. The van der Waals surface area contributed by atoms with Crippen molar-refractivity contribution < 1.29 is 17.9 Å². The number of hydrogen-bond donors (Lipinski definition) is 1. The summed E-state index contributed by atoms with van der Waals surface area (Å²) in [5.41, 5.74) is 0. The molecule has 0 aliphatic rings. The van der Waals surface area contributed by atoms with Crippen molar-refractivity contribution in [1.82, 2.24) is 4.72 Å². The van der Waals surface area contributed by atoms with Gasteiger partial charge in [0, 0.05) is 20.3 Å². The van der Waals surface area contributed by atoms with Gasteiger partial charge in [0.2, 0.25) is 10.0 Å². The lowest BCUT2D eigenvalue weighted by Gasteiger charge is -2.08. The number of hydrogen-bond acceptors (Lipinski definition) is 4. The van der Waals surface area contributed by atoms with Crippen LogP contribution in [0.3, 0.4) is 0 Å². The van der Waals surface area contributed by atoms with Gasteiger partial charge in [-0.3, -0.25) is 0 Å². The molecular weight excluding hydrogens is 322 g/mol. The number of sulfonamides is 1. The van der Waals surface area contributed by atoms with Crippen molar-refractivity contribution in [1.29, 1.82) is 0 Å². The summed E-state index contributed by atoms with van der Waals surface area (Å²) in [5.74, 6) is 0.591. The van der Waals surface area contributed by atoms with Gasteiger partial charge < -0.3 is 9.47 Å². The van der Waals surface area contributed by atoms with E-state index in [9.17, 15) is 8.42 Å². The van der Waals surface area contributed by atoms with Crippen LogP contribution in [0.4, 0.5) is 0 Å². The van der Waals surface area contributed by atoms with E-state index in [1.54, 1.807) is 13.2 Å². The fraction of sp³-hybridized carbons (Fsp3) is 0.455. The van der Waals surface area contributed by atoms with E-state index in [-0.39, 0.29) is 4.90 Å². The number of nitrogens with one attached hydrogen (secondary N) is 1. The summed E-state index contributed by atoms with van der Waals surface area (Å²) in [4.78, 5) is 0.201. The van der Waals surface area contributed by atoms with Crippen molar-refractivity contribution in [3.8, 4) is 5.75 Å². The molecule has 0 saturated heterocycles. The molecule has 102 valence electrons. The molecule has 0 radical (unpaired) electrons. The van der Waals surface area contributed by atoms with Gasteiger partial charge in [-0.2, -0.15) is 0 Å². The summed E-state index contributed by atoms with van der Waals surface area (Å²) in [6.45, 7) is 0.870. The molecule has 0 aliphatic carbocycles. The second kappa shape index (κ2) is 7.08. The summed E-state index contributed by atoms with van der Waals surface area (Å²) < 4.78 is 36.9. The summed E-state index contributed by atoms with van der Waals surface area (Å²) in [6.07, 6.45) is 0.632. The van der Waals surface area contributed by atoms with E-state index < -0.39 is 10.0 Å². The molecule has 5 nitrogen and oxygen atoms in total. The summed E-state index contributed by atoms with van der Waals surface area (Å²) in [7, 11) is -0.376. The Hall–Kier alpha value is -0.630. The summed E-state index contributed by atoms with van der Waals surface area (Å²) in [6, 6.07) is 4.62. The number of methoxy groups -OCH3 is 2. The van der Waals surface area contributed by atoms with Crippen molar-refractivity contribution in [2.24, 2.45) is 0 Å². The Labute approximate surface area is 116 Å². The molecule has 1 rings (SSSR count). The maximum Gasteiger partial charge on any atom is 0.240 e. The number of halogens is 1. The lowest BCUT2D eigenvalue weighted by Crippen LogP contribution is -2.25. The highest BCUT2D eigenvalue weighted by molar-refractivity contribution is 9.10. The molecule has 0 spiro atoms. The number of benzene rings is 1. The van der Waals surface area contributed by atoms with Crippen molar-refractivity contribution in [2.75, 3.05) is 27.4 Å². The van der Waals surface area contributed by atoms with Crippen LogP contribution in [0.15, 0.2) is 27.6 Å².